The van der Waals surface area contributed by atoms with Crippen LogP contribution in [0.5, 0.6) is 0 Å². The van der Waals surface area contributed by atoms with E-state index in [4.69, 9.17) is 4.42 Å². The Morgan fingerprint density at radius 1 is 0.392 bits per heavy atom. The molecule has 0 fully saturated rings. The first-order valence-corrected chi connectivity index (χ1v) is 18.1. The number of rotatable bonds is 6. The van der Waals surface area contributed by atoms with Gasteiger partial charge < -0.3 is 9.32 Å². The van der Waals surface area contributed by atoms with Crippen LogP contribution in [0.1, 0.15) is 0 Å². The predicted octanol–water partition coefficient (Wildman–Crippen LogP) is 14.4. The predicted molar refractivity (Wildman–Crippen MR) is 218 cm³/mol. The third-order valence-electron chi connectivity index (χ3n) is 9.85. The average molecular weight is 670 g/mol. The second-order valence-electron chi connectivity index (χ2n) is 12.9. The minimum Gasteiger partial charge on any atom is -0.456 e. The molecule has 240 valence electrons. The Kier molecular flexibility index (Phi) is 7.04. The smallest absolute Gasteiger partial charge is 0.136 e. The van der Waals surface area contributed by atoms with Gasteiger partial charge in [-0.25, -0.2) is 0 Å². The third kappa shape index (κ3) is 5.10. The minimum absolute atomic E-state index is 0.892. The highest BCUT2D eigenvalue weighted by Crippen LogP contribution is 2.47. The fourth-order valence-electron chi connectivity index (χ4n) is 7.48. The fourth-order valence-corrected chi connectivity index (χ4v) is 8.68. The van der Waals surface area contributed by atoms with Gasteiger partial charge in [0.25, 0.3) is 0 Å². The number of fused-ring (bicyclic) bond motifs is 6. The van der Waals surface area contributed by atoms with Gasteiger partial charge in [0.15, 0.2) is 0 Å². The highest BCUT2D eigenvalue weighted by Gasteiger charge is 2.21. The van der Waals surface area contributed by atoms with Crippen LogP contribution in [0.4, 0.5) is 17.1 Å². The van der Waals surface area contributed by atoms with E-state index in [1.807, 2.05) is 17.4 Å². The van der Waals surface area contributed by atoms with E-state index in [1.165, 1.54) is 36.9 Å². The molecule has 0 radical (unpaired) electrons. The average Bonchev–Trinajstić information content (AvgIpc) is 3.78. The molecule has 0 aliphatic carbocycles. The quantitative estimate of drug-likeness (QED) is 0.175. The van der Waals surface area contributed by atoms with E-state index < -0.39 is 0 Å². The molecule has 0 saturated carbocycles. The number of hydrogen-bond acceptors (Lipinski definition) is 3. The van der Waals surface area contributed by atoms with Crippen LogP contribution in [0.25, 0.3) is 75.5 Å². The normalized spacial score (nSPS) is 11.5. The molecule has 0 saturated heterocycles. The van der Waals surface area contributed by atoms with Crippen molar-refractivity contribution in [2.75, 3.05) is 4.90 Å². The number of thiophene rings is 1. The van der Waals surface area contributed by atoms with Gasteiger partial charge in [-0.1, -0.05) is 133 Å². The first kappa shape index (κ1) is 29.5. The summed E-state index contributed by atoms with van der Waals surface area (Å²) < 4.78 is 8.91. The first-order valence-electron chi connectivity index (χ1n) is 17.3. The third-order valence-corrected chi connectivity index (χ3v) is 11.1. The summed E-state index contributed by atoms with van der Waals surface area (Å²) in [4.78, 5) is 2.44. The molecule has 10 rings (SSSR count). The van der Waals surface area contributed by atoms with E-state index in [9.17, 15) is 0 Å². The van der Waals surface area contributed by atoms with Crippen molar-refractivity contribution in [3.05, 3.63) is 188 Å². The summed E-state index contributed by atoms with van der Waals surface area (Å²) in [6.45, 7) is 0. The van der Waals surface area contributed by atoms with Gasteiger partial charge in [-0.2, -0.15) is 0 Å². The van der Waals surface area contributed by atoms with Crippen LogP contribution >= 0.6 is 11.3 Å². The van der Waals surface area contributed by atoms with Crippen molar-refractivity contribution in [2.45, 2.75) is 0 Å². The topological polar surface area (TPSA) is 16.4 Å². The van der Waals surface area contributed by atoms with Crippen LogP contribution in [0.15, 0.2) is 192 Å². The number of anilines is 3. The lowest BCUT2D eigenvalue weighted by molar-refractivity contribution is 0.669. The number of para-hydroxylation sites is 1. The Bertz CT molecular complexity index is 2850. The van der Waals surface area contributed by atoms with Crippen molar-refractivity contribution in [3.63, 3.8) is 0 Å². The van der Waals surface area contributed by atoms with Gasteiger partial charge in [0, 0.05) is 37.6 Å². The molecule has 2 aromatic heterocycles. The molecule has 3 heteroatoms. The molecule has 51 heavy (non-hydrogen) atoms. The summed E-state index contributed by atoms with van der Waals surface area (Å²) in [6, 6.07) is 67.5. The lowest BCUT2D eigenvalue weighted by atomic mass is 9.94. The molecule has 8 aromatic carbocycles. The van der Waals surface area contributed by atoms with Crippen molar-refractivity contribution in [1.29, 1.82) is 0 Å². The Balaban J connectivity index is 1.25. The Morgan fingerprint density at radius 3 is 1.80 bits per heavy atom. The number of benzene rings is 8. The Hall–Kier alpha value is -6.42. The number of nitrogens with zero attached hydrogens (tertiary/aromatic N) is 1. The fraction of sp³-hybridized carbons (Fsp3) is 0. The lowest BCUT2D eigenvalue weighted by Gasteiger charge is -2.27. The van der Waals surface area contributed by atoms with Crippen molar-refractivity contribution in [3.8, 4) is 33.4 Å². The second kappa shape index (κ2) is 12.2. The van der Waals surface area contributed by atoms with Gasteiger partial charge in [0.05, 0.1) is 10.4 Å². The van der Waals surface area contributed by atoms with Crippen LogP contribution in [0.2, 0.25) is 0 Å². The van der Waals surface area contributed by atoms with Crippen LogP contribution in [0.3, 0.4) is 0 Å². The summed E-state index contributed by atoms with van der Waals surface area (Å²) in [6.07, 6.45) is 0. The lowest BCUT2D eigenvalue weighted by Crippen LogP contribution is -2.10. The molecular weight excluding hydrogens is 639 g/mol. The monoisotopic (exact) mass is 669 g/mol. The molecule has 0 atom stereocenters. The van der Waals surface area contributed by atoms with E-state index in [0.29, 0.717) is 0 Å². The molecule has 0 aliphatic heterocycles. The molecule has 2 heterocycles. The van der Waals surface area contributed by atoms with E-state index in [-0.39, 0.29) is 0 Å². The van der Waals surface area contributed by atoms with E-state index >= 15 is 0 Å². The van der Waals surface area contributed by atoms with E-state index in [0.717, 1.165) is 55.7 Å². The van der Waals surface area contributed by atoms with Crippen molar-refractivity contribution >= 4 is 70.5 Å². The second-order valence-corrected chi connectivity index (χ2v) is 14.0. The molecule has 0 N–H and O–H groups in total. The minimum atomic E-state index is 0.892. The molecule has 10 aromatic rings. The van der Waals surface area contributed by atoms with Gasteiger partial charge in [0.1, 0.15) is 11.2 Å². The van der Waals surface area contributed by atoms with Gasteiger partial charge in [-0.3, -0.25) is 0 Å². The van der Waals surface area contributed by atoms with Gasteiger partial charge >= 0.3 is 0 Å². The van der Waals surface area contributed by atoms with E-state index in [1.54, 1.807) is 0 Å². The maximum Gasteiger partial charge on any atom is 0.136 e. The Labute approximate surface area is 300 Å². The largest absolute Gasteiger partial charge is 0.456 e. The number of hydrogen-bond donors (Lipinski definition) is 0. The van der Waals surface area contributed by atoms with Gasteiger partial charge in [0.2, 0.25) is 0 Å². The van der Waals surface area contributed by atoms with Crippen molar-refractivity contribution in [1.82, 2.24) is 0 Å². The summed E-state index contributed by atoms with van der Waals surface area (Å²) >= 11 is 1.86. The van der Waals surface area contributed by atoms with Crippen LogP contribution in [-0.2, 0) is 0 Å². The zero-order chi connectivity index (χ0) is 33.7. The summed E-state index contributed by atoms with van der Waals surface area (Å²) in [5.74, 6) is 0. The van der Waals surface area contributed by atoms with E-state index in [2.05, 4.69) is 187 Å². The number of furan rings is 1. The molecule has 0 amide bonds. The molecule has 0 aliphatic rings. The van der Waals surface area contributed by atoms with Crippen molar-refractivity contribution < 1.29 is 4.42 Å². The standard InChI is InChI=1S/C48H31NOS/c1-3-13-32(14-4-1)34-25-27-37(28-26-34)49(43-21-11-20-41-40-17-8-10-24-46(40)51-48(41)43)38-30-35(33-15-5-2-6-16-33)29-36(31-38)39-19-12-23-45-47(39)42-18-7-9-22-44(42)50-45/h1-31H. The molecule has 0 unspecified atom stereocenters. The summed E-state index contributed by atoms with van der Waals surface area (Å²) in [5, 5.41) is 4.82. The molecule has 0 spiro atoms. The van der Waals surface area contributed by atoms with Gasteiger partial charge in [-0.05, 0) is 88.0 Å². The maximum absolute atomic E-state index is 6.36. The highest BCUT2D eigenvalue weighted by atomic mass is 32.1. The van der Waals surface area contributed by atoms with Crippen LogP contribution in [-0.4, -0.2) is 0 Å². The van der Waals surface area contributed by atoms with Crippen LogP contribution in [0, 0.1) is 0 Å². The maximum atomic E-state index is 6.36. The van der Waals surface area contributed by atoms with Crippen molar-refractivity contribution in [2.24, 2.45) is 0 Å². The molecule has 0 bridgehead atoms. The zero-order valence-electron chi connectivity index (χ0n) is 27.7. The molecule has 2 nitrogen and oxygen atoms in total. The zero-order valence-corrected chi connectivity index (χ0v) is 28.5. The van der Waals surface area contributed by atoms with Gasteiger partial charge in [-0.15, -0.1) is 11.3 Å². The van der Waals surface area contributed by atoms with Crippen LogP contribution < -0.4 is 4.90 Å². The first-order chi connectivity index (χ1) is 25.3. The molecular formula is C48H31NOS. The Morgan fingerprint density at radius 2 is 1.00 bits per heavy atom. The summed E-state index contributed by atoms with van der Waals surface area (Å²) in [5.41, 5.74) is 12.1. The highest BCUT2D eigenvalue weighted by molar-refractivity contribution is 7.26. The SMILES string of the molecule is c1ccc(-c2ccc(N(c3cc(-c4ccccc4)cc(-c4cccc5oc6ccccc6c45)c3)c3cccc4c3sc3ccccc34)cc2)cc1. The summed E-state index contributed by atoms with van der Waals surface area (Å²) in [7, 11) is 0.